The molecule has 3 fully saturated rings. The van der Waals surface area contributed by atoms with Gasteiger partial charge < -0.3 is 5.32 Å². The number of hydrogen-bond donors (Lipinski definition) is 1. The minimum atomic E-state index is 0.818. The van der Waals surface area contributed by atoms with E-state index >= 15 is 0 Å². The Morgan fingerprint density at radius 2 is 2.00 bits per heavy atom. The molecule has 3 aliphatic carbocycles. The number of thiophene rings is 1. The lowest BCUT2D eigenvalue weighted by molar-refractivity contribution is 0.244. The van der Waals surface area contributed by atoms with E-state index in [1.54, 1.807) is 10.4 Å². The first-order valence-electron chi connectivity index (χ1n) is 8.33. The molecule has 1 aromatic heterocycles. The Kier molecular flexibility index (Phi) is 3.61. The van der Waals surface area contributed by atoms with Crippen LogP contribution < -0.4 is 5.32 Å². The van der Waals surface area contributed by atoms with Crippen LogP contribution in [0.15, 0.2) is 6.07 Å². The predicted octanol–water partition coefficient (Wildman–Crippen LogP) is 3.68. The van der Waals surface area contributed by atoms with Crippen LogP contribution in [-0.4, -0.2) is 23.5 Å². The first-order valence-corrected chi connectivity index (χ1v) is 9.15. The predicted molar refractivity (Wildman–Crippen MR) is 85.1 cm³/mol. The molecule has 1 heterocycles. The zero-order valence-electron chi connectivity index (χ0n) is 12.5. The molecule has 0 atom stereocenters. The molecule has 20 heavy (non-hydrogen) atoms. The van der Waals surface area contributed by atoms with Gasteiger partial charge in [0.05, 0.1) is 0 Å². The van der Waals surface area contributed by atoms with Crippen molar-refractivity contribution in [2.45, 2.75) is 70.6 Å². The second-order valence-electron chi connectivity index (χ2n) is 7.05. The third-order valence-electron chi connectivity index (χ3n) is 4.84. The van der Waals surface area contributed by atoms with Gasteiger partial charge in [-0.3, -0.25) is 4.90 Å². The number of nitrogens with zero attached hydrogens (tertiary/aromatic N) is 1. The molecule has 0 aromatic carbocycles. The fourth-order valence-electron chi connectivity index (χ4n) is 3.00. The topological polar surface area (TPSA) is 15.3 Å². The van der Waals surface area contributed by atoms with E-state index < -0.39 is 0 Å². The van der Waals surface area contributed by atoms with Crippen molar-refractivity contribution in [2.75, 3.05) is 6.54 Å². The molecule has 0 unspecified atom stereocenters. The van der Waals surface area contributed by atoms with E-state index in [2.05, 4.69) is 23.2 Å². The third kappa shape index (κ3) is 3.44. The molecule has 110 valence electrons. The van der Waals surface area contributed by atoms with E-state index in [0.717, 1.165) is 24.5 Å². The quantitative estimate of drug-likeness (QED) is 0.785. The lowest BCUT2D eigenvalue weighted by Gasteiger charge is -2.21. The van der Waals surface area contributed by atoms with Crippen molar-refractivity contribution >= 4 is 11.3 Å². The fourth-order valence-corrected chi connectivity index (χ4v) is 4.00. The van der Waals surface area contributed by atoms with Crippen LogP contribution >= 0.6 is 11.3 Å². The molecular formula is C17H26N2S. The summed E-state index contributed by atoms with van der Waals surface area (Å²) in [6, 6.07) is 4.19. The second kappa shape index (κ2) is 5.43. The maximum absolute atomic E-state index is 3.64. The molecule has 1 N–H and O–H groups in total. The summed E-state index contributed by atoms with van der Waals surface area (Å²) in [6.45, 7) is 5.95. The highest BCUT2D eigenvalue weighted by molar-refractivity contribution is 7.12. The van der Waals surface area contributed by atoms with Gasteiger partial charge in [-0.15, -0.1) is 11.3 Å². The van der Waals surface area contributed by atoms with E-state index in [-0.39, 0.29) is 0 Å². The Morgan fingerprint density at radius 3 is 2.65 bits per heavy atom. The Morgan fingerprint density at radius 1 is 1.20 bits per heavy atom. The molecule has 0 spiro atoms. The highest BCUT2D eigenvalue weighted by Gasteiger charge is 2.33. The van der Waals surface area contributed by atoms with Gasteiger partial charge in [0, 0.05) is 41.5 Å². The molecule has 3 saturated carbocycles. The zero-order chi connectivity index (χ0) is 13.5. The van der Waals surface area contributed by atoms with Crippen LogP contribution in [0, 0.1) is 12.8 Å². The zero-order valence-corrected chi connectivity index (χ0v) is 13.3. The van der Waals surface area contributed by atoms with E-state index in [0.29, 0.717) is 0 Å². The van der Waals surface area contributed by atoms with Crippen LogP contribution in [0.4, 0.5) is 0 Å². The van der Waals surface area contributed by atoms with Crippen molar-refractivity contribution in [3.05, 3.63) is 21.4 Å². The highest BCUT2D eigenvalue weighted by atomic mass is 32.1. The molecule has 0 saturated heterocycles. The molecule has 3 heteroatoms. The lowest BCUT2D eigenvalue weighted by atomic mass is 10.2. The molecular weight excluding hydrogens is 264 g/mol. The van der Waals surface area contributed by atoms with Gasteiger partial charge in [-0.2, -0.15) is 0 Å². The second-order valence-corrected chi connectivity index (χ2v) is 8.39. The van der Waals surface area contributed by atoms with Crippen molar-refractivity contribution in [2.24, 2.45) is 5.92 Å². The third-order valence-corrected chi connectivity index (χ3v) is 5.93. The smallest absolute Gasteiger partial charge is 0.0302 e. The Bertz CT molecular complexity index is 469. The van der Waals surface area contributed by atoms with Crippen LogP contribution in [0.5, 0.6) is 0 Å². The van der Waals surface area contributed by atoms with Crippen molar-refractivity contribution in [1.29, 1.82) is 0 Å². The first kappa shape index (κ1) is 13.3. The largest absolute Gasteiger partial charge is 0.309 e. The van der Waals surface area contributed by atoms with E-state index in [1.807, 2.05) is 11.3 Å². The average Bonchev–Trinajstić information content (AvgIpc) is 3.27. The summed E-state index contributed by atoms with van der Waals surface area (Å²) in [4.78, 5) is 5.84. The van der Waals surface area contributed by atoms with Crippen LogP contribution in [0.25, 0.3) is 0 Å². The summed E-state index contributed by atoms with van der Waals surface area (Å²) < 4.78 is 0. The molecule has 0 amide bonds. The minimum Gasteiger partial charge on any atom is -0.309 e. The van der Waals surface area contributed by atoms with Gasteiger partial charge in [0.15, 0.2) is 0 Å². The summed E-state index contributed by atoms with van der Waals surface area (Å²) >= 11 is 2.00. The van der Waals surface area contributed by atoms with Gasteiger partial charge in [-0.1, -0.05) is 0 Å². The number of nitrogens with one attached hydrogen (secondary N) is 1. The minimum absolute atomic E-state index is 0.818. The van der Waals surface area contributed by atoms with E-state index in [1.165, 1.54) is 56.5 Å². The molecule has 0 radical (unpaired) electrons. The van der Waals surface area contributed by atoms with Gasteiger partial charge in [0.25, 0.3) is 0 Å². The summed E-state index contributed by atoms with van der Waals surface area (Å²) in [5.74, 6) is 1.02. The molecule has 0 aliphatic heterocycles. The lowest BCUT2D eigenvalue weighted by Crippen LogP contribution is -2.27. The van der Waals surface area contributed by atoms with Gasteiger partial charge >= 0.3 is 0 Å². The van der Waals surface area contributed by atoms with Gasteiger partial charge in [0.2, 0.25) is 0 Å². The van der Waals surface area contributed by atoms with E-state index in [9.17, 15) is 0 Å². The van der Waals surface area contributed by atoms with Crippen LogP contribution in [-0.2, 0) is 13.1 Å². The van der Waals surface area contributed by atoms with Crippen molar-refractivity contribution in [3.8, 4) is 0 Å². The molecule has 0 bridgehead atoms. The monoisotopic (exact) mass is 290 g/mol. The number of aryl methyl sites for hydroxylation is 1. The van der Waals surface area contributed by atoms with Crippen LogP contribution in [0.1, 0.15) is 53.8 Å². The molecule has 1 aromatic rings. The molecule has 3 aliphatic rings. The number of hydrogen-bond acceptors (Lipinski definition) is 3. The Labute approximate surface area is 126 Å². The summed E-state index contributed by atoms with van der Waals surface area (Å²) in [5, 5.41) is 3.64. The first-order chi connectivity index (χ1) is 9.78. The maximum Gasteiger partial charge on any atom is 0.0302 e. The maximum atomic E-state index is 3.64. The Balaban J connectivity index is 1.37. The molecule has 4 rings (SSSR count). The van der Waals surface area contributed by atoms with Gasteiger partial charge in [-0.05, 0) is 63.0 Å². The summed E-state index contributed by atoms with van der Waals surface area (Å²) in [6.07, 6.45) is 8.59. The van der Waals surface area contributed by atoms with Crippen molar-refractivity contribution in [3.63, 3.8) is 0 Å². The van der Waals surface area contributed by atoms with Gasteiger partial charge in [-0.25, -0.2) is 0 Å². The van der Waals surface area contributed by atoms with Crippen LogP contribution in [0.2, 0.25) is 0 Å². The SMILES string of the molecule is Cc1sc(CNC2CC2)cc1CN(CC1CC1)C1CC1. The summed E-state index contributed by atoms with van der Waals surface area (Å²) in [5.41, 5.74) is 1.59. The normalized spacial score (nSPS) is 22.7. The average molecular weight is 290 g/mol. The highest BCUT2D eigenvalue weighted by Crippen LogP contribution is 2.36. The Hall–Kier alpha value is -0.380. The van der Waals surface area contributed by atoms with Crippen LogP contribution in [0.3, 0.4) is 0 Å². The number of rotatable bonds is 8. The fraction of sp³-hybridized carbons (Fsp3) is 0.765. The van der Waals surface area contributed by atoms with Crippen molar-refractivity contribution < 1.29 is 0 Å². The summed E-state index contributed by atoms with van der Waals surface area (Å²) in [7, 11) is 0. The van der Waals surface area contributed by atoms with E-state index in [4.69, 9.17) is 0 Å². The standard InChI is InChI=1S/C17H26N2S/c1-12-14(8-17(20-12)9-18-15-4-5-15)11-19(16-6-7-16)10-13-2-3-13/h8,13,15-16,18H,2-7,9-11H2,1H3. The molecule has 2 nitrogen and oxygen atoms in total. The van der Waals surface area contributed by atoms with Gasteiger partial charge in [0.1, 0.15) is 0 Å². The van der Waals surface area contributed by atoms with Crippen molar-refractivity contribution in [1.82, 2.24) is 10.2 Å².